The van der Waals surface area contributed by atoms with Gasteiger partial charge in [0.1, 0.15) is 0 Å². The second-order valence-electron chi connectivity index (χ2n) is 4.43. The first-order chi connectivity index (χ1) is 9.24. The Labute approximate surface area is 111 Å². The van der Waals surface area contributed by atoms with Crippen LogP contribution < -0.4 is 10.9 Å². The molecule has 0 radical (unpaired) electrons. The highest BCUT2D eigenvalue weighted by Gasteiger charge is 2.17. The number of fused-ring (bicyclic) bond motifs is 1. The molecular weight excluding hydrogens is 238 g/mol. The molecule has 2 aromatic carbocycles. The summed E-state index contributed by atoms with van der Waals surface area (Å²) in [5.41, 5.74) is 8.74. The lowest BCUT2D eigenvalue weighted by Crippen LogP contribution is -2.40. The molecule has 4 heteroatoms. The van der Waals surface area contributed by atoms with Crippen molar-refractivity contribution < 1.29 is 4.79 Å². The van der Waals surface area contributed by atoms with Gasteiger partial charge in [-0.05, 0) is 19.1 Å². The summed E-state index contributed by atoms with van der Waals surface area (Å²) in [5, 5.41) is 0. The fourth-order valence-electron chi connectivity index (χ4n) is 1.99. The molecule has 0 aliphatic carbocycles. The van der Waals surface area contributed by atoms with E-state index >= 15 is 0 Å². The lowest BCUT2D eigenvalue weighted by atomic mass is 10.1. The van der Waals surface area contributed by atoms with E-state index in [4.69, 9.17) is 0 Å². The molecule has 4 nitrogen and oxygen atoms in total. The molecule has 2 aromatic rings. The zero-order chi connectivity index (χ0) is 13.2. The van der Waals surface area contributed by atoms with Crippen molar-refractivity contribution in [3.05, 3.63) is 65.2 Å². The first kappa shape index (κ1) is 11.5. The van der Waals surface area contributed by atoms with Crippen molar-refractivity contribution in [3.8, 4) is 0 Å². The molecule has 1 aliphatic heterocycles. The molecule has 3 rings (SSSR count). The molecule has 2 N–H and O–H groups in total. The predicted octanol–water partition coefficient (Wildman–Crippen LogP) is 2.32. The normalized spacial score (nSPS) is 13.7. The van der Waals surface area contributed by atoms with E-state index < -0.39 is 0 Å². The quantitative estimate of drug-likeness (QED) is 0.817. The van der Waals surface area contributed by atoms with E-state index in [0.29, 0.717) is 17.1 Å². The van der Waals surface area contributed by atoms with Crippen molar-refractivity contribution in [1.82, 2.24) is 10.9 Å². The third-order valence-electron chi connectivity index (χ3n) is 2.97. The molecule has 94 valence electrons. The number of aliphatic imine (C=N–C) groups is 1. The van der Waals surface area contributed by atoms with E-state index in [0.717, 1.165) is 11.1 Å². The number of carbonyl (C=O) groups excluding carboxylic acids is 1. The number of hydrogen-bond acceptors (Lipinski definition) is 3. The minimum absolute atomic E-state index is 0.173. The first-order valence-electron chi connectivity index (χ1n) is 6.05. The van der Waals surface area contributed by atoms with E-state index in [1.54, 1.807) is 0 Å². The summed E-state index contributed by atoms with van der Waals surface area (Å²) in [5.74, 6) is 0.463. The second-order valence-corrected chi connectivity index (χ2v) is 4.43. The first-order valence-corrected chi connectivity index (χ1v) is 6.05. The second kappa shape index (κ2) is 4.57. The Hall–Kier alpha value is -2.62. The maximum absolute atomic E-state index is 12.0. The summed E-state index contributed by atoms with van der Waals surface area (Å²) in [6, 6.07) is 15.3. The van der Waals surface area contributed by atoms with Crippen LogP contribution in [0, 0.1) is 6.92 Å². The number of amides is 1. The lowest BCUT2D eigenvalue weighted by Gasteiger charge is -2.07. The summed E-state index contributed by atoms with van der Waals surface area (Å²) >= 11 is 0. The van der Waals surface area contributed by atoms with Crippen LogP contribution >= 0.6 is 0 Å². The van der Waals surface area contributed by atoms with Crippen molar-refractivity contribution in [2.45, 2.75) is 6.92 Å². The van der Waals surface area contributed by atoms with Crippen LogP contribution in [0.1, 0.15) is 21.5 Å². The number of nitrogens with zero attached hydrogens (tertiary/aromatic N) is 1. The summed E-state index contributed by atoms with van der Waals surface area (Å²) in [4.78, 5) is 16.5. The summed E-state index contributed by atoms with van der Waals surface area (Å²) in [7, 11) is 0. The average Bonchev–Trinajstić information content (AvgIpc) is 2.60. The van der Waals surface area contributed by atoms with E-state index in [-0.39, 0.29) is 5.91 Å². The Bertz CT molecular complexity index is 662. The number of benzene rings is 2. The maximum Gasteiger partial charge on any atom is 0.271 e. The summed E-state index contributed by atoms with van der Waals surface area (Å²) in [6.45, 7) is 1.95. The molecule has 0 bridgehead atoms. The monoisotopic (exact) mass is 251 g/mol. The molecule has 0 atom stereocenters. The average molecular weight is 251 g/mol. The van der Waals surface area contributed by atoms with E-state index in [9.17, 15) is 4.79 Å². The molecule has 0 unspecified atom stereocenters. The van der Waals surface area contributed by atoms with Crippen LogP contribution in [0.25, 0.3) is 0 Å². The van der Waals surface area contributed by atoms with Gasteiger partial charge < -0.3 is 0 Å². The van der Waals surface area contributed by atoms with Crippen molar-refractivity contribution in [2.75, 3.05) is 0 Å². The molecule has 1 aliphatic rings. The lowest BCUT2D eigenvalue weighted by molar-refractivity contribution is 0.0946. The van der Waals surface area contributed by atoms with Crippen LogP contribution in [0.4, 0.5) is 5.69 Å². The molecule has 19 heavy (non-hydrogen) atoms. The van der Waals surface area contributed by atoms with E-state index in [1.165, 1.54) is 0 Å². The number of nitrogens with one attached hydrogen (secondary N) is 2. The molecule has 0 saturated heterocycles. The van der Waals surface area contributed by atoms with Crippen LogP contribution in [0.5, 0.6) is 0 Å². The Morgan fingerprint density at radius 1 is 1.00 bits per heavy atom. The number of hydrogen-bond donors (Lipinski definition) is 2. The molecule has 1 heterocycles. The van der Waals surface area contributed by atoms with Gasteiger partial charge in [0.05, 0.1) is 11.3 Å². The zero-order valence-electron chi connectivity index (χ0n) is 10.5. The van der Waals surface area contributed by atoms with Crippen LogP contribution in [0.15, 0.2) is 53.5 Å². The molecule has 0 spiro atoms. The van der Waals surface area contributed by atoms with Crippen LogP contribution in [0.3, 0.4) is 0 Å². The SMILES string of the molecule is Cc1ccc2c(c1)C(=O)NNC(c1ccccc1)=N2. The van der Waals surface area contributed by atoms with Crippen molar-refractivity contribution in [3.63, 3.8) is 0 Å². The number of carbonyl (C=O) groups is 1. The van der Waals surface area contributed by atoms with Crippen LogP contribution in [-0.4, -0.2) is 11.7 Å². The third kappa shape index (κ3) is 2.20. The summed E-state index contributed by atoms with van der Waals surface area (Å²) in [6.07, 6.45) is 0. The minimum atomic E-state index is -0.173. The van der Waals surface area contributed by atoms with Gasteiger partial charge in [-0.25, -0.2) is 4.99 Å². The van der Waals surface area contributed by atoms with Gasteiger partial charge in [-0.1, -0.05) is 42.0 Å². The van der Waals surface area contributed by atoms with Crippen LogP contribution in [0.2, 0.25) is 0 Å². The molecule has 0 aromatic heterocycles. The molecular formula is C15H13N3O. The van der Waals surface area contributed by atoms with Gasteiger partial charge in [0.2, 0.25) is 0 Å². The van der Waals surface area contributed by atoms with Crippen molar-refractivity contribution in [2.24, 2.45) is 4.99 Å². The molecule has 0 saturated carbocycles. The van der Waals surface area contributed by atoms with E-state index in [2.05, 4.69) is 15.8 Å². The van der Waals surface area contributed by atoms with E-state index in [1.807, 2.05) is 55.5 Å². The van der Waals surface area contributed by atoms with Gasteiger partial charge in [0, 0.05) is 5.56 Å². The van der Waals surface area contributed by atoms with Gasteiger partial charge in [0.15, 0.2) is 5.84 Å². The topological polar surface area (TPSA) is 53.5 Å². The predicted molar refractivity (Wildman–Crippen MR) is 74.4 cm³/mol. The number of rotatable bonds is 1. The van der Waals surface area contributed by atoms with Gasteiger partial charge in [-0.15, -0.1) is 0 Å². The summed E-state index contributed by atoms with van der Waals surface area (Å²) < 4.78 is 0. The highest BCUT2D eigenvalue weighted by atomic mass is 16.2. The van der Waals surface area contributed by atoms with Gasteiger partial charge in [-0.2, -0.15) is 0 Å². The zero-order valence-corrected chi connectivity index (χ0v) is 10.5. The van der Waals surface area contributed by atoms with Crippen molar-refractivity contribution in [1.29, 1.82) is 0 Å². The van der Waals surface area contributed by atoms with Gasteiger partial charge >= 0.3 is 0 Å². The largest absolute Gasteiger partial charge is 0.281 e. The number of aryl methyl sites for hydroxylation is 1. The van der Waals surface area contributed by atoms with Gasteiger partial charge in [0.25, 0.3) is 5.91 Å². The highest BCUT2D eigenvalue weighted by molar-refractivity contribution is 6.08. The Balaban J connectivity index is 2.11. The fraction of sp³-hybridized carbons (Fsp3) is 0.0667. The standard InChI is InChI=1S/C15H13N3O/c1-10-7-8-13-12(9-10)15(19)18-17-14(16-13)11-5-3-2-4-6-11/h2-9H,1H3,(H,16,17)(H,18,19). The fourth-order valence-corrected chi connectivity index (χ4v) is 1.99. The smallest absolute Gasteiger partial charge is 0.271 e. The van der Waals surface area contributed by atoms with Gasteiger partial charge in [-0.3, -0.25) is 15.6 Å². The maximum atomic E-state index is 12.0. The number of hydrazine groups is 1. The van der Waals surface area contributed by atoms with Crippen molar-refractivity contribution >= 4 is 17.4 Å². The Morgan fingerprint density at radius 3 is 2.58 bits per heavy atom. The highest BCUT2D eigenvalue weighted by Crippen LogP contribution is 2.22. The minimum Gasteiger partial charge on any atom is -0.281 e. The number of amidine groups is 1. The molecule has 0 fully saturated rings. The molecule has 1 amide bonds. The third-order valence-corrected chi connectivity index (χ3v) is 2.97. The Morgan fingerprint density at radius 2 is 1.79 bits per heavy atom. The Kier molecular flexibility index (Phi) is 2.76. The van der Waals surface area contributed by atoms with Crippen LogP contribution in [-0.2, 0) is 0 Å².